The number of likely N-dealkylation sites (tertiary alicyclic amines) is 1. The number of fused-ring (bicyclic) bond motifs is 5. The number of hydrogen-bond acceptors (Lipinski definition) is 3. The highest BCUT2D eigenvalue weighted by Gasteiger charge is 2.27. The van der Waals surface area contributed by atoms with Gasteiger partial charge in [-0.05, 0) is 86.2 Å². The molecule has 2 aromatic rings. The van der Waals surface area contributed by atoms with Crippen molar-refractivity contribution in [1.29, 1.82) is 0 Å². The second kappa shape index (κ2) is 8.08. The highest BCUT2D eigenvalue weighted by molar-refractivity contribution is 5.75. The number of H-pyrrole nitrogens is 1. The molecule has 29 heavy (non-hydrogen) atoms. The van der Waals surface area contributed by atoms with E-state index in [0.717, 1.165) is 56.0 Å². The van der Waals surface area contributed by atoms with Gasteiger partial charge in [0.15, 0.2) is 0 Å². The van der Waals surface area contributed by atoms with Gasteiger partial charge in [0, 0.05) is 37.8 Å². The Hall–Kier alpha value is -1.91. The molecule has 0 atom stereocenters. The molecule has 0 unspecified atom stereocenters. The first-order valence-electron chi connectivity index (χ1n) is 11.3. The first-order chi connectivity index (χ1) is 14.2. The van der Waals surface area contributed by atoms with Crippen LogP contribution in [-0.2, 0) is 30.5 Å². The Labute approximate surface area is 173 Å². The van der Waals surface area contributed by atoms with Gasteiger partial charge in [-0.25, -0.2) is 0 Å². The van der Waals surface area contributed by atoms with E-state index in [-0.39, 0.29) is 5.56 Å². The summed E-state index contributed by atoms with van der Waals surface area (Å²) < 4.78 is 5.24. The van der Waals surface area contributed by atoms with E-state index in [0.29, 0.717) is 0 Å². The van der Waals surface area contributed by atoms with Gasteiger partial charge in [0.2, 0.25) is 0 Å². The van der Waals surface area contributed by atoms with E-state index in [1.165, 1.54) is 66.6 Å². The Kier molecular flexibility index (Phi) is 5.31. The van der Waals surface area contributed by atoms with Crippen molar-refractivity contribution in [3.05, 3.63) is 56.4 Å². The molecule has 1 fully saturated rings. The van der Waals surface area contributed by atoms with Crippen molar-refractivity contribution in [3.8, 4) is 11.3 Å². The molecule has 0 spiro atoms. The molecule has 2 aliphatic carbocycles. The number of aromatic amines is 1. The summed E-state index contributed by atoms with van der Waals surface area (Å²) in [4.78, 5) is 18.4. The third-order valence-corrected chi connectivity index (χ3v) is 7.30. The summed E-state index contributed by atoms with van der Waals surface area (Å²) in [6, 6.07) is 6.90. The van der Waals surface area contributed by atoms with Crippen molar-refractivity contribution in [1.82, 2.24) is 9.88 Å². The molecule has 0 radical (unpaired) electrons. The first kappa shape index (κ1) is 19.1. The number of hydrogen-bond donors (Lipinski definition) is 1. The molecular weight excluding hydrogens is 360 g/mol. The fraction of sp³-hybridized carbons (Fsp3) is 0.560. The van der Waals surface area contributed by atoms with Crippen LogP contribution in [-0.4, -0.2) is 36.7 Å². The quantitative estimate of drug-likeness (QED) is 0.712. The average molecular weight is 393 g/mol. The molecule has 3 aliphatic rings. The lowest BCUT2D eigenvalue weighted by Crippen LogP contribution is -2.33. The Morgan fingerprint density at radius 1 is 1.10 bits per heavy atom. The number of ether oxygens (including phenoxy) is 1. The SMILES string of the molecule is COCCC1CCN(Cc2ccc3c(c2)Cc2c-3[nH]c(=O)c3c2CCCC3)CC1. The fourth-order valence-corrected chi connectivity index (χ4v) is 5.63. The van der Waals surface area contributed by atoms with Crippen molar-refractivity contribution in [2.45, 2.75) is 57.9 Å². The molecule has 4 nitrogen and oxygen atoms in total. The summed E-state index contributed by atoms with van der Waals surface area (Å²) in [5, 5.41) is 0. The number of rotatable bonds is 5. The molecular formula is C25H32N2O2. The predicted octanol–water partition coefficient (Wildman–Crippen LogP) is 4.07. The van der Waals surface area contributed by atoms with Crippen LogP contribution < -0.4 is 5.56 Å². The predicted molar refractivity (Wildman–Crippen MR) is 116 cm³/mol. The zero-order valence-electron chi connectivity index (χ0n) is 17.6. The normalized spacial score (nSPS) is 19.1. The van der Waals surface area contributed by atoms with Crippen molar-refractivity contribution < 1.29 is 4.74 Å². The van der Waals surface area contributed by atoms with Crippen LogP contribution in [0.2, 0.25) is 0 Å². The van der Waals surface area contributed by atoms with Crippen LogP contribution in [0.5, 0.6) is 0 Å². The Balaban J connectivity index is 1.31. The monoisotopic (exact) mass is 392 g/mol. The smallest absolute Gasteiger partial charge is 0.251 e. The van der Waals surface area contributed by atoms with Crippen LogP contribution in [0.4, 0.5) is 0 Å². The van der Waals surface area contributed by atoms with E-state index in [9.17, 15) is 4.79 Å². The first-order valence-corrected chi connectivity index (χ1v) is 11.3. The standard InChI is InChI=1S/C25H32N2O2/c1-29-13-10-17-8-11-27(12-9-17)16-18-6-7-20-19(14-18)15-23-21-4-2-3-5-22(21)25(28)26-24(20)23/h6-7,14,17H,2-5,8-13,15-16H2,1H3,(H,26,28). The molecule has 2 heterocycles. The molecule has 1 aromatic carbocycles. The minimum atomic E-state index is 0.145. The van der Waals surface area contributed by atoms with Crippen LogP contribution in [0.25, 0.3) is 11.3 Å². The van der Waals surface area contributed by atoms with E-state index in [2.05, 4.69) is 28.1 Å². The molecule has 1 aromatic heterocycles. The molecule has 1 saturated heterocycles. The van der Waals surface area contributed by atoms with E-state index in [4.69, 9.17) is 4.74 Å². The van der Waals surface area contributed by atoms with Crippen molar-refractivity contribution in [3.63, 3.8) is 0 Å². The van der Waals surface area contributed by atoms with E-state index < -0.39 is 0 Å². The minimum Gasteiger partial charge on any atom is -0.385 e. The maximum atomic E-state index is 12.6. The largest absolute Gasteiger partial charge is 0.385 e. The van der Waals surface area contributed by atoms with Crippen molar-refractivity contribution in [2.75, 3.05) is 26.8 Å². The van der Waals surface area contributed by atoms with Crippen LogP contribution >= 0.6 is 0 Å². The Morgan fingerprint density at radius 3 is 2.69 bits per heavy atom. The Bertz CT molecular complexity index is 954. The van der Waals surface area contributed by atoms with Crippen molar-refractivity contribution in [2.24, 2.45) is 5.92 Å². The zero-order chi connectivity index (χ0) is 19.8. The second-order valence-electron chi connectivity index (χ2n) is 9.14. The van der Waals surface area contributed by atoms with Crippen LogP contribution in [0.3, 0.4) is 0 Å². The van der Waals surface area contributed by atoms with Crippen LogP contribution in [0.1, 0.15) is 59.9 Å². The topological polar surface area (TPSA) is 45.3 Å². The molecule has 0 bridgehead atoms. The summed E-state index contributed by atoms with van der Waals surface area (Å²) in [7, 11) is 1.80. The summed E-state index contributed by atoms with van der Waals surface area (Å²) in [5.41, 5.74) is 9.08. The minimum absolute atomic E-state index is 0.145. The van der Waals surface area contributed by atoms with Gasteiger partial charge in [-0.1, -0.05) is 18.2 Å². The number of nitrogens with one attached hydrogen (secondary N) is 1. The summed E-state index contributed by atoms with van der Waals surface area (Å²) >= 11 is 0. The second-order valence-corrected chi connectivity index (χ2v) is 9.14. The average Bonchev–Trinajstić information content (AvgIpc) is 3.11. The van der Waals surface area contributed by atoms with Crippen LogP contribution in [0, 0.1) is 5.92 Å². The van der Waals surface area contributed by atoms with E-state index in [1.807, 2.05) is 0 Å². The van der Waals surface area contributed by atoms with E-state index >= 15 is 0 Å². The fourth-order valence-electron chi connectivity index (χ4n) is 5.63. The molecule has 0 amide bonds. The zero-order valence-corrected chi connectivity index (χ0v) is 17.6. The molecule has 5 rings (SSSR count). The number of piperidine rings is 1. The summed E-state index contributed by atoms with van der Waals surface area (Å²) in [6.45, 7) is 4.30. The lowest BCUT2D eigenvalue weighted by molar-refractivity contribution is 0.132. The van der Waals surface area contributed by atoms with Gasteiger partial charge in [-0.3, -0.25) is 9.69 Å². The molecule has 1 N–H and O–H groups in total. The molecule has 1 aliphatic heterocycles. The number of nitrogens with zero attached hydrogens (tertiary/aromatic N) is 1. The molecule has 4 heteroatoms. The summed E-state index contributed by atoms with van der Waals surface area (Å²) in [5.74, 6) is 0.823. The van der Waals surface area contributed by atoms with Gasteiger partial charge >= 0.3 is 0 Å². The Morgan fingerprint density at radius 2 is 1.90 bits per heavy atom. The lowest BCUT2D eigenvalue weighted by atomic mass is 9.88. The molecule has 0 saturated carbocycles. The van der Waals surface area contributed by atoms with Gasteiger partial charge < -0.3 is 9.72 Å². The number of aromatic nitrogens is 1. The molecule has 154 valence electrons. The van der Waals surface area contributed by atoms with Gasteiger partial charge in [0.1, 0.15) is 0 Å². The van der Waals surface area contributed by atoms with Gasteiger partial charge in [0.25, 0.3) is 5.56 Å². The highest BCUT2D eigenvalue weighted by Crippen LogP contribution is 2.39. The maximum Gasteiger partial charge on any atom is 0.251 e. The highest BCUT2D eigenvalue weighted by atomic mass is 16.5. The number of pyridine rings is 1. The van der Waals surface area contributed by atoms with Crippen LogP contribution in [0.15, 0.2) is 23.0 Å². The number of benzene rings is 1. The van der Waals surface area contributed by atoms with E-state index in [1.54, 1.807) is 7.11 Å². The van der Waals surface area contributed by atoms with Gasteiger partial charge in [-0.15, -0.1) is 0 Å². The lowest BCUT2D eigenvalue weighted by Gasteiger charge is -2.32. The third kappa shape index (κ3) is 3.69. The number of methoxy groups -OCH3 is 1. The van der Waals surface area contributed by atoms with Gasteiger partial charge in [-0.2, -0.15) is 0 Å². The van der Waals surface area contributed by atoms with Gasteiger partial charge in [0.05, 0.1) is 5.69 Å². The summed E-state index contributed by atoms with van der Waals surface area (Å²) in [6.07, 6.45) is 9.13. The third-order valence-electron chi connectivity index (χ3n) is 7.30. The maximum absolute atomic E-state index is 12.6. The van der Waals surface area contributed by atoms with Crippen molar-refractivity contribution >= 4 is 0 Å².